The summed E-state index contributed by atoms with van der Waals surface area (Å²) in [5, 5.41) is 20.1. The number of benzene rings is 2. The van der Waals surface area contributed by atoms with Crippen molar-refractivity contribution in [2.24, 2.45) is 0 Å². The molecule has 2 aromatic rings. The van der Waals surface area contributed by atoms with Crippen LogP contribution in [0, 0.1) is 5.82 Å². The smallest absolute Gasteiger partial charge is 0.240 e. The molecule has 0 bridgehead atoms. The second-order valence-corrected chi connectivity index (χ2v) is 8.85. The highest BCUT2D eigenvalue weighted by atomic mass is 35.5. The number of hydrogen-bond donors (Lipinski definition) is 3. The van der Waals surface area contributed by atoms with E-state index < -0.39 is 40.2 Å². The molecule has 0 aliphatic carbocycles. The maximum absolute atomic E-state index is 13.1. The molecular weight excluding hydrogens is 435 g/mol. The van der Waals surface area contributed by atoms with E-state index in [9.17, 15) is 23.0 Å². The molecule has 0 saturated carbocycles. The molecule has 0 aromatic heterocycles. The Hall–Kier alpha value is -1.59. The van der Waals surface area contributed by atoms with Gasteiger partial charge in [0.1, 0.15) is 18.0 Å². The molecule has 166 valence electrons. The van der Waals surface area contributed by atoms with Gasteiger partial charge in [-0.2, -0.15) is 0 Å². The van der Waals surface area contributed by atoms with Crippen LogP contribution in [0.25, 0.3) is 0 Å². The van der Waals surface area contributed by atoms with Crippen LogP contribution in [-0.4, -0.2) is 68.1 Å². The first-order chi connectivity index (χ1) is 13.8. The summed E-state index contributed by atoms with van der Waals surface area (Å²) in [4.78, 5) is 1.82. The fraction of sp³-hybridized carbons (Fsp3) is 0.400. The minimum atomic E-state index is -3.87. The lowest BCUT2D eigenvalue weighted by molar-refractivity contribution is -0.0201. The largest absolute Gasteiger partial charge is 0.394 e. The van der Waals surface area contributed by atoms with E-state index in [1.54, 1.807) is 0 Å². The zero-order valence-electron chi connectivity index (χ0n) is 16.4. The quantitative estimate of drug-likeness (QED) is 0.546. The number of nitrogens with zero attached hydrogens (tertiary/aromatic N) is 1. The summed E-state index contributed by atoms with van der Waals surface area (Å²) < 4.78 is 46.2. The maximum Gasteiger partial charge on any atom is 0.240 e. The van der Waals surface area contributed by atoms with Crippen LogP contribution in [0.2, 0.25) is 0 Å². The van der Waals surface area contributed by atoms with E-state index in [4.69, 9.17) is 4.74 Å². The molecule has 0 amide bonds. The SMILES string of the molecule is CN(Cc1ccccc1)[C@@H]1[C@H](O)[C@H](CO)O[C@@H]1CNS(=O)(=O)c1ccc(F)cc1.Cl. The van der Waals surface area contributed by atoms with Gasteiger partial charge in [-0.1, -0.05) is 30.3 Å². The monoisotopic (exact) mass is 460 g/mol. The molecule has 1 fully saturated rings. The molecule has 10 heteroatoms. The van der Waals surface area contributed by atoms with E-state index in [0.29, 0.717) is 6.54 Å². The molecule has 30 heavy (non-hydrogen) atoms. The summed E-state index contributed by atoms with van der Waals surface area (Å²) in [6.45, 7) is 0.0421. The van der Waals surface area contributed by atoms with Gasteiger partial charge in [-0.05, 0) is 36.9 Å². The van der Waals surface area contributed by atoms with Crippen molar-refractivity contribution in [2.75, 3.05) is 20.2 Å². The van der Waals surface area contributed by atoms with Gasteiger partial charge in [0.05, 0.1) is 23.6 Å². The molecule has 0 radical (unpaired) electrons. The first-order valence-electron chi connectivity index (χ1n) is 9.25. The highest BCUT2D eigenvalue weighted by molar-refractivity contribution is 7.89. The van der Waals surface area contributed by atoms with Gasteiger partial charge < -0.3 is 14.9 Å². The third kappa shape index (κ3) is 5.76. The number of aliphatic hydroxyl groups is 2. The fourth-order valence-electron chi connectivity index (χ4n) is 3.56. The van der Waals surface area contributed by atoms with Gasteiger partial charge in [-0.15, -0.1) is 12.4 Å². The van der Waals surface area contributed by atoms with E-state index in [0.717, 1.165) is 17.7 Å². The third-order valence-corrected chi connectivity index (χ3v) is 6.46. The van der Waals surface area contributed by atoms with E-state index in [-0.39, 0.29) is 30.5 Å². The molecular formula is C20H26ClFN2O5S. The van der Waals surface area contributed by atoms with Gasteiger partial charge in [0.15, 0.2) is 0 Å². The second-order valence-electron chi connectivity index (χ2n) is 7.08. The van der Waals surface area contributed by atoms with Crippen LogP contribution in [0.4, 0.5) is 4.39 Å². The van der Waals surface area contributed by atoms with Crippen molar-refractivity contribution in [3.8, 4) is 0 Å². The Morgan fingerprint density at radius 1 is 1.10 bits per heavy atom. The fourth-order valence-corrected chi connectivity index (χ4v) is 4.60. The van der Waals surface area contributed by atoms with Crippen LogP contribution in [-0.2, 0) is 21.3 Å². The van der Waals surface area contributed by atoms with Crippen LogP contribution in [0.3, 0.4) is 0 Å². The Balaban J connectivity index is 0.00000320. The average molecular weight is 461 g/mol. The number of nitrogens with one attached hydrogen (secondary N) is 1. The Kier molecular flexibility index (Phi) is 8.74. The number of rotatable bonds is 8. The van der Waals surface area contributed by atoms with E-state index >= 15 is 0 Å². The number of ether oxygens (including phenoxy) is 1. The molecule has 1 aliphatic rings. The van der Waals surface area contributed by atoms with Crippen LogP contribution in [0.15, 0.2) is 59.5 Å². The van der Waals surface area contributed by atoms with Crippen molar-refractivity contribution in [1.29, 1.82) is 0 Å². The van der Waals surface area contributed by atoms with Crippen LogP contribution in [0.5, 0.6) is 0 Å². The van der Waals surface area contributed by atoms with Gasteiger partial charge in [0.2, 0.25) is 10.0 Å². The molecule has 3 N–H and O–H groups in total. The lowest BCUT2D eigenvalue weighted by Crippen LogP contribution is -2.49. The summed E-state index contributed by atoms with van der Waals surface area (Å²) in [6.07, 6.45) is -2.46. The van der Waals surface area contributed by atoms with Crippen molar-refractivity contribution in [1.82, 2.24) is 9.62 Å². The van der Waals surface area contributed by atoms with Crippen LogP contribution < -0.4 is 4.72 Å². The summed E-state index contributed by atoms with van der Waals surface area (Å²) in [5.41, 5.74) is 1.03. The zero-order valence-corrected chi connectivity index (χ0v) is 18.0. The first-order valence-corrected chi connectivity index (χ1v) is 10.7. The van der Waals surface area contributed by atoms with Gasteiger partial charge in [0, 0.05) is 13.1 Å². The predicted molar refractivity (Wildman–Crippen MR) is 112 cm³/mol. The summed E-state index contributed by atoms with van der Waals surface area (Å²) >= 11 is 0. The molecule has 1 aliphatic heterocycles. The highest BCUT2D eigenvalue weighted by Crippen LogP contribution is 2.26. The lowest BCUT2D eigenvalue weighted by Gasteiger charge is -2.30. The Labute approximate surface area is 181 Å². The van der Waals surface area contributed by atoms with Crippen molar-refractivity contribution < 1.29 is 27.8 Å². The maximum atomic E-state index is 13.1. The number of likely N-dealkylation sites (N-methyl/N-ethyl adjacent to an activating group) is 1. The van der Waals surface area contributed by atoms with Crippen LogP contribution >= 0.6 is 12.4 Å². The number of sulfonamides is 1. The molecule has 1 heterocycles. The minimum Gasteiger partial charge on any atom is -0.394 e. The minimum absolute atomic E-state index is 0. The number of halogens is 2. The molecule has 1 saturated heterocycles. The van der Waals surface area contributed by atoms with Crippen molar-refractivity contribution in [3.05, 3.63) is 66.0 Å². The molecule has 4 atom stereocenters. The van der Waals surface area contributed by atoms with Gasteiger partial charge in [-0.25, -0.2) is 17.5 Å². The standard InChI is InChI=1S/C20H25FN2O5S.ClH/c1-23(12-14-5-3-2-4-6-14)19-17(28-18(13-24)20(19)25)11-22-29(26,27)16-9-7-15(21)8-10-16;/h2-10,17-20,22,24-25H,11-13H2,1H3;1H/t17-,18+,19+,20-;/m1./s1. The molecule has 0 unspecified atom stereocenters. The molecule has 7 nitrogen and oxygen atoms in total. The van der Waals surface area contributed by atoms with Gasteiger partial charge in [-0.3, -0.25) is 4.90 Å². The highest BCUT2D eigenvalue weighted by Gasteiger charge is 2.45. The lowest BCUT2D eigenvalue weighted by atomic mass is 10.0. The van der Waals surface area contributed by atoms with Crippen molar-refractivity contribution >= 4 is 22.4 Å². The predicted octanol–water partition coefficient (Wildman–Crippen LogP) is 1.15. The van der Waals surface area contributed by atoms with Crippen molar-refractivity contribution in [2.45, 2.75) is 35.8 Å². The Bertz CT molecular complexity index is 901. The normalized spacial score (nSPS) is 24.0. The average Bonchev–Trinajstić information content (AvgIpc) is 3.03. The summed E-state index contributed by atoms with van der Waals surface area (Å²) in [7, 11) is -2.06. The van der Waals surface area contributed by atoms with E-state index in [1.165, 1.54) is 12.1 Å². The summed E-state index contributed by atoms with van der Waals surface area (Å²) in [6, 6.07) is 13.6. The molecule has 2 aromatic carbocycles. The number of aliphatic hydroxyl groups excluding tert-OH is 2. The topological polar surface area (TPSA) is 99.1 Å². The Morgan fingerprint density at radius 3 is 2.33 bits per heavy atom. The van der Waals surface area contributed by atoms with Crippen LogP contribution in [0.1, 0.15) is 5.56 Å². The second kappa shape index (κ2) is 10.6. The van der Waals surface area contributed by atoms with E-state index in [2.05, 4.69) is 4.72 Å². The van der Waals surface area contributed by atoms with Crippen molar-refractivity contribution in [3.63, 3.8) is 0 Å². The zero-order chi connectivity index (χ0) is 21.0. The Morgan fingerprint density at radius 2 is 1.73 bits per heavy atom. The number of hydrogen-bond acceptors (Lipinski definition) is 6. The van der Waals surface area contributed by atoms with Gasteiger partial charge in [0.25, 0.3) is 0 Å². The first kappa shape index (κ1) is 24.7. The van der Waals surface area contributed by atoms with Gasteiger partial charge >= 0.3 is 0 Å². The third-order valence-electron chi connectivity index (χ3n) is 5.02. The molecule has 3 rings (SSSR count). The molecule has 0 spiro atoms. The van der Waals surface area contributed by atoms with E-state index in [1.807, 2.05) is 42.3 Å². The summed E-state index contributed by atoms with van der Waals surface area (Å²) in [5.74, 6) is -0.528.